The van der Waals surface area contributed by atoms with Gasteiger partial charge in [-0.25, -0.2) is 9.97 Å². The average Bonchev–Trinajstić information content (AvgIpc) is 2.82. The molecule has 0 aliphatic carbocycles. The van der Waals surface area contributed by atoms with Crippen LogP contribution in [0, 0.1) is 0 Å². The Kier molecular flexibility index (Phi) is 2.89. The first-order chi connectivity index (χ1) is 9.27. The van der Waals surface area contributed by atoms with Crippen LogP contribution in [0.3, 0.4) is 0 Å². The van der Waals surface area contributed by atoms with E-state index in [-0.39, 0.29) is 5.88 Å². The Labute approximate surface area is 114 Å². The van der Waals surface area contributed by atoms with E-state index in [0.29, 0.717) is 22.1 Å². The minimum Gasteiger partial charge on any atom is -0.367 e. The first-order valence-electron chi connectivity index (χ1n) is 5.55. The second-order valence-corrected chi connectivity index (χ2v) is 4.23. The van der Waals surface area contributed by atoms with Crippen molar-refractivity contribution < 1.29 is 4.52 Å². The summed E-state index contributed by atoms with van der Waals surface area (Å²) in [5, 5.41) is 4.48. The summed E-state index contributed by atoms with van der Waals surface area (Å²) in [6, 6.07) is 9.05. The molecule has 2 N–H and O–H groups in total. The molecule has 6 heteroatoms. The molecular weight excluding hydrogens is 264 g/mol. The minimum absolute atomic E-state index is 0.190. The van der Waals surface area contributed by atoms with Gasteiger partial charge in [0.15, 0.2) is 11.5 Å². The lowest BCUT2D eigenvalue weighted by Crippen LogP contribution is -1.92. The van der Waals surface area contributed by atoms with Gasteiger partial charge in [-0.2, -0.15) is 0 Å². The summed E-state index contributed by atoms with van der Waals surface area (Å²) in [6.45, 7) is 0. The molecule has 0 unspecified atom stereocenters. The fourth-order valence-electron chi connectivity index (χ4n) is 1.80. The highest BCUT2D eigenvalue weighted by molar-refractivity contribution is 6.33. The van der Waals surface area contributed by atoms with E-state index in [1.807, 2.05) is 18.2 Å². The number of rotatable bonds is 2. The Morgan fingerprint density at radius 2 is 1.79 bits per heavy atom. The molecule has 0 atom stereocenters. The van der Waals surface area contributed by atoms with Gasteiger partial charge in [0, 0.05) is 23.0 Å². The summed E-state index contributed by atoms with van der Waals surface area (Å²) in [5.41, 5.74) is 7.66. The molecule has 0 fully saturated rings. The monoisotopic (exact) mass is 272 g/mol. The molecule has 0 radical (unpaired) electrons. The number of anilines is 1. The van der Waals surface area contributed by atoms with Crippen LogP contribution in [0.2, 0.25) is 5.02 Å². The first-order valence-corrected chi connectivity index (χ1v) is 5.92. The molecule has 0 amide bonds. The van der Waals surface area contributed by atoms with Crippen molar-refractivity contribution in [2.75, 3.05) is 5.73 Å². The number of hydrogen-bond donors (Lipinski definition) is 1. The maximum Gasteiger partial charge on any atom is 0.230 e. The van der Waals surface area contributed by atoms with Crippen LogP contribution >= 0.6 is 11.6 Å². The third kappa shape index (κ3) is 2.04. The summed E-state index contributed by atoms with van der Waals surface area (Å²) < 4.78 is 5.05. The van der Waals surface area contributed by atoms with E-state index in [0.717, 1.165) is 5.56 Å². The molecule has 2 aromatic heterocycles. The van der Waals surface area contributed by atoms with E-state index < -0.39 is 0 Å². The molecule has 0 saturated heterocycles. The molecule has 0 spiro atoms. The van der Waals surface area contributed by atoms with E-state index in [9.17, 15) is 0 Å². The third-order valence-corrected chi connectivity index (χ3v) is 2.97. The number of aromatic nitrogens is 3. The summed E-state index contributed by atoms with van der Waals surface area (Å²) in [6.07, 6.45) is 3.26. The highest BCUT2D eigenvalue weighted by Crippen LogP contribution is 2.38. The molecule has 0 saturated carbocycles. The number of nitrogens with zero attached hydrogens (tertiary/aromatic N) is 3. The lowest BCUT2D eigenvalue weighted by molar-refractivity contribution is 0.439. The normalized spacial score (nSPS) is 10.6. The number of benzene rings is 1. The van der Waals surface area contributed by atoms with Crippen LogP contribution in [0.1, 0.15) is 0 Å². The van der Waals surface area contributed by atoms with Crippen LogP contribution in [-0.2, 0) is 0 Å². The Hall–Kier alpha value is -2.40. The fraction of sp³-hybridized carbons (Fsp3) is 0. The highest BCUT2D eigenvalue weighted by atomic mass is 35.5. The lowest BCUT2D eigenvalue weighted by atomic mass is 10.1. The van der Waals surface area contributed by atoms with Gasteiger partial charge in [-0.05, 0) is 12.1 Å². The quantitative estimate of drug-likeness (QED) is 0.776. The van der Waals surface area contributed by atoms with Gasteiger partial charge in [-0.3, -0.25) is 0 Å². The van der Waals surface area contributed by atoms with Gasteiger partial charge in [0.25, 0.3) is 0 Å². The zero-order valence-corrected chi connectivity index (χ0v) is 10.5. The van der Waals surface area contributed by atoms with Gasteiger partial charge < -0.3 is 10.3 Å². The van der Waals surface area contributed by atoms with Gasteiger partial charge in [0.1, 0.15) is 0 Å². The number of hydrogen-bond acceptors (Lipinski definition) is 5. The van der Waals surface area contributed by atoms with E-state index in [1.165, 1.54) is 0 Å². The van der Waals surface area contributed by atoms with Crippen molar-refractivity contribution >= 4 is 17.5 Å². The number of nitrogens with two attached hydrogens (primary N) is 1. The highest BCUT2D eigenvalue weighted by Gasteiger charge is 2.20. The Bertz CT molecular complexity index is 712. The van der Waals surface area contributed by atoms with Gasteiger partial charge in [-0.15, -0.1) is 0 Å². The van der Waals surface area contributed by atoms with Crippen molar-refractivity contribution in [1.82, 2.24) is 15.1 Å². The Balaban J connectivity index is 2.23. The van der Waals surface area contributed by atoms with Gasteiger partial charge in [-0.1, -0.05) is 35.0 Å². The maximum atomic E-state index is 6.18. The summed E-state index contributed by atoms with van der Waals surface area (Å²) in [5.74, 6) is 0.633. The zero-order valence-electron chi connectivity index (χ0n) is 9.75. The fourth-order valence-corrected chi connectivity index (χ4v) is 2.03. The largest absolute Gasteiger partial charge is 0.367 e. The molecule has 0 aliphatic heterocycles. The predicted molar refractivity (Wildman–Crippen MR) is 72.4 cm³/mol. The van der Waals surface area contributed by atoms with E-state index in [1.54, 1.807) is 24.5 Å². The summed E-state index contributed by atoms with van der Waals surface area (Å²) in [7, 11) is 0. The van der Waals surface area contributed by atoms with E-state index in [2.05, 4.69) is 15.1 Å². The minimum atomic E-state index is 0.190. The van der Waals surface area contributed by atoms with Crippen molar-refractivity contribution in [3.05, 3.63) is 47.7 Å². The standard InChI is InChI=1S/C13H9ClN4O/c14-9-5-2-1-4-8(9)10-11(18-19-12(10)15)13-16-6-3-7-17-13/h1-7H,15H2. The van der Waals surface area contributed by atoms with Crippen LogP contribution in [0.4, 0.5) is 5.88 Å². The van der Waals surface area contributed by atoms with E-state index in [4.69, 9.17) is 21.9 Å². The van der Waals surface area contributed by atoms with Gasteiger partial charge in [0.2, 0.25) is 5.88 Å². The van der Waals surface area contributed by atoms with Crippen LogP contribution in [0.5, 0.6) is 0 Å². The second-order valence-electron chi connectivity index (χ2n) is 3.82. The van der Waals surface area contributed by atoms with Crippen LogP contribution in [-0.4, -0.2) is 15.1 Å². The average molecular weight is 273 g/mol. The third-order valence-electron chi connectivity index (χ3n) is 2.64. The molecule has 94 valence electrons. The Morgan fingerprint density at radius 1 is 1.05 bits per heavy atom. The lowest BCUT2D eigenvalue weighted by Gasteiger charge is -2.03. The van der Waals surface area contributed by atoms with Crippen molar-refractivity contribution in [3.8, 4) is 22.6 Å². The maximum absolute atomic E-state index is 6.18. The van der Waals surface area contributed by atoms with Gasteiger partial charge in [0.05, 0.1) is 5.56 Å². The molecule has 5 nitrogen and oxygen atoms in total. The zero-order chi connectivity index (χ0) is 13.2. The summed E-state index contributed by atoms with van der Waals surface area (Å²) >= 11 is 6.18. The van der Waals surface area contributed by atoms with Crippen LogP contribution in [0.15, 0.2) is 47.2 Å². The van der Waals surface area contributed by atoms with E-state index >= 15 is 0 Å². The van der Waals surface area contributed by atoms with Gasteiger partial charge >= 0.3 is 0 Å². The number of nitrogen functional groups attached to an aromatic ring is 1. The molecule has 2 heterocycles. The van der Waals surface area contributed by atoms with Crippen molar-refractivity contribution in [3.63, 3.8) is 0 Å². The first kappa shape index (κ1) is 11.7. The number of halogens is 1. The molecule has 0 aliphatic rings. The molecule has 0 bridgehead atoms. The molecule has 19 heavy (non-hydrogen) atoms. The molecule has 3 aromatic rings. The van der Waals surface area contributed by atoms with Crippen molar-refractivity contribution in [2.45, 2.75) is 0 Å². The topological polar surface area (TPSA) is 77.8 Å². The SMILES string of the molecule is Nc1onc(-c2ncccn2)c1-c1ccccc1Cl. The predicted octanol–water partition coefficient (Wildman–Crippen LogP) is 3.03. The molecule has 3 rings (SSSR count). The van der Waals surface area contributed by atoms with Crippen molar-refractivity contribution in [1.29, 1.82) is 0 Å². The molecule has 1 aromatic carbocycles. The van der Waals surface area contributed by atoms with Crippen molar-refractivity contribution in [2.24, 2.45) is 0 Å². The van der Waals surface area contributed by atoms with Crippen LogP contribution < -0.4 is 5.73 Å². The summed E-state index contributed by atoms with van der Waals surface area (Å²) in [4.78, 5) is 8.29. The molecular formula is C13H9ClN4O. The van der Waals surface area contributed by atoms with Crippen LogP contribution in [0.25, 0.3) is 22.6 Å². The smallest absolute Gasteiger partial charge is 0.230 e. The second kappa shape index (κ2) is 4.70. The Morgan fingerprint density at radius 3 is 2.53 bits per heavy atom.